The lowest BCUT2D eigenvalue weighted by Gasteiger charge is -2.34. The van der Waals surface area contributed by atoms with Crippen molar-refractivity contribution in [2.45, 2.75) is 13.0 Å². The van der Waals surface area contributed by atoms with Crippen LogP contribution in [0.3, 0.4) is 0 Å². The maximum atomic E-state index is 11.9. The molecule has 138 valence electrons. The lowest BCUT2D eigenvalue weighted by molar-refractivity contribution is -0.159. The molecule has 0 aliphatic carbocycles. The summed E-state index contributed by atoms with van der Waals surface area (Å²) in [6, 6.07) is 7.87. The van der Waals surface area contributed by atoms with E-state index in [1.54, 1.807) is 18.4 Å². The number of aliphatic carboxylic acids is 1. The Hall–Kier alpha value is -1.96. The number of fused-ring (bicyclic) bond motifs is 1. The van der Waals surface area contributed by atoms with Crippen molar-refractivity contribution in [1.82, 2.24) is 9.88 Å². The Labute approximate surface area is 156 Å². The monoisotopic (exact) mass is 374 g/mol. The average molecular weight is 374 g/mol. The molecule has 2 aliphatic heterocycles. The minimum absolute atomic E-state index is 0.166. The van der Waals surface area contributed by atoms with Gasteiger partial charge in [0.1, 0.15) is 16.2 Å². The van der Waals surface area contributed by atoms with Gasteiger partial charge in [-0.05, 0) is 24.5 Å². The first-order chi connectivity index (χ1) is 12.6. The second-order valence-electron chi connectivity index (χ2n) is 7.03. The number of carboxylic acids is 1. The van der Waals surface area contributed by atoms with Crippen molar-refractivity contribution in [1.29, 1.82) is 0 Å². The topological polar surface area (TPSA) is 71.9 Å². The molecule has 0 saturated carbocycles. The molecule has 6 nitrogen and oxygen atoms in total. The summed E-state index contributed by atoms with van der Waals surface area (Å²) in [4.78, 5) is 19.8. The van der Waals surface area contributed by atoms with Crippen LogP contribution in [0.25, 0.3) is 10.6 Å². The molecule has 3 heterocycles. The minimum atomic E-state index is -0.751. The van der Waals surface area contributed by atoms with E-state index in [1.165, 1.54) is 0 Å². The summed E-state index contributed by atoms with van der Waals surface area (Å²) in [7, 11) is 1.65. The first-order valence-electron chi connectivity index (χ1n) is 8.73. The van der Waals surface area contributed by atoms with Crippen molar-refractivity contribution in [3.05, 3.63) is 35.3 Å². The van der Waals surface area contributed by atoms with Crippen LogP contribution in [-0.2, 0) is 16.1 Å². The summed E-state index contributed by atoms with van der Waals surface area (Å²) in [5.74, 6) is 0.247. The molecule has 0 spiro atoms. The summed E-state index contributed by atoms with van der Waals surface area (Å²) in [6.45, 7) is 3.06. The van der Waals surface area contributed by atoms with Crippen molar-refractivity contribution < 1.29 is 19.4 Å². The van der Waals surface area contributed by atoms with Gasteiger partial charge in [0.25, 0.3) is 0 Å². The van der Waals surface area contributed by atoms with Crippen molar-refractivity contribution in [2.24, 2.45) is 11.3 Å². The maximum Gasteiger partial charge on any atom is 0.313 e. The lowest BCUT2D eigenvalue weighted by atomic mass is 9.76. The maximum absolute atomic E-state index is 11.9. The fourth-order valence-corrected chi connectivity index (χ4v) is 4.96. The van der Waals surface area contributed by atoms with Crippen LogP contribution in [0.5, 0.6) is 5.75 Å². The van der Waals surface area contributed by atoms with Gasteiger partial charge in [0.05, 0.1) is 13.7 Å². The quantitative estimate of drug-likeness (QED) is 0.868. The fourth-order valence-electron chi connectivity index (χ4n) is 4.01. The molecular weight excluding hydrogens is 352 g/mol. The Kier molecular flexibility index (Phi) is 4.69. The van der Waals surface area contributed by atoms with Crippen LogP contribution in [0.15, 0.2) is 30.5 Å². The molecular formula is C19H22N2O4S. The van der Waals surface area contributed by atoms with E-state index in [-0.39, 0.29) is 5.92 Å². The Morgan fingerprint density at radius 3 is 3.19 bits per heavy atom. The van der Waals surface area contributed by atoms with Gasteiger partial charge < -0.3 is 14.6 Å². The van der Waals surface area contributed by atoms with Crippen molar-refractivity contribution in [3.8, 4) is 16.3 Å². The third kappa shape index (κ3) is 3.11. The van der Waals surface area contributed by atoms with Crippen LogP contribution in [-0.4, -0.2) is 54.4 Å². The Bertz CT molecular complexity index is 808. The van der Waals surface area contributed by atoms with Gasteiger partial charge in [-0.15, -0.1) is 11.3 Å². The summed E-state index contributed by atoms with van der Waals surface area (Å²) >= 11 is 1.65. The number of carbonyl (C=O) groups is 1. The zero-order chi connectivity index (χ0) is 18.1. The van der Waals surface area contributed by atoms with E-state index in [9.17, 15) is 9.90 Å². The zero-order valence-corrected chi connectivity index (χ0v) is 15.5. The smallest absolute Gasteiger partial charge is 0.313 e. The average Bonchev–Trinajstić information content (AvgIpc) is 3.26. The molecule has 2 saturated heterocycles. The van der Waals surface area contributed by atoms with Gasteiger partial charge in [0, 0.05) is 42.9 Å². The van der Waals surface area contributed by atoms with E-state index < -0.39 is 11.4 Å². The molecule has 0 bridgehead atoms. The van der Waals surface area contributed by atoms with E-state index in [0.717, 1.165) is 40.7 Å². The van der Waals surface area contributed by atoms with E-state index in [0.29, 0.717) is 19.8 Å². The van der Waals surface area contributed by atoms with E-state index in [2.05, 4.69) is 9.88 Å². The first kappa shape index (κ1) is 17.5. The van der Waals surface area contributed by atoms with Crippen LogP contribution >= 0.6 is 11.3 Å². The second-order valence-corrected chi connectivity index (χ2v) is 8.15. The molecule has 1 aromatic heterocycles. The number of ether oxygens (including phenoxy) is 2. The highest BCUT2D eigenvalue weighted by atomic mass is 32.1. The number of likely N-dealkylation sites (tertiary alicyclic amines) is 1. The number of rotatable bonds is 5. The van der Waals surface area contributed by atoms with Crippen LogP contribution in [0, 0.1) is 11.3 Å². The highest BCUT2D eigenvalue weighted by Gasteiger charge is 2.53. The Balaban J connectivity index is 1.49. The van der Waals surface area contributed by atoms with Gasteiger partial charge in [-0.25, -0.2) is 4.98 Å². The summed E-state index contributed by atoms with van der Waals surface area (Å²) < 4.78 is 10.8. The molecule has 0 unspecified atom stereocenters. The van der Waals surface area contributed by atoms with Gasteiger partial charge in [-0.2, -0.15) is 0 Å². The molecule has 0 amide bonds. The third-order valence-electron chi connectivity index (χ3n) is 5.41. The number of carboxylic acid groups (broad SMARTS) is 1. The van der Waals surface area contributed by atoms with Crippen LogP contribution < -0.4 is 4.74 Å². The molecule has 0 radical (unpaired) electrons. The standard InChI is InChI=1S/C19H22N2O4S/c1-24-15-4-2-3-13(7-15)17-20-8-16(26-17)10-21-9-14-5-6-25-12-19(14,11-21)18(22)23/h2-4,7-8,14H,5-6,9-12H2,1H3,(H,22,23)/t14-,19+/m0/s1. The molecule has 26 heavy (non-hydrogen) atoms. The number of hydrogen-bond acceptors (Lipinski definition) is 6. The molecule has 1 aromatic carbocycles. The van der Waals surface area contributed by atoms with Crippen molar-refractivity contribution >= 4 is 17.3 Å². The van der Waals surface area contributed by atoms with Gasteiger partial charge in [-0.1, -0.05) is 12.1 Å². The number of nitrogens with zero attached hydrogens (tertiary/aromatic N) is 2. The summed E-state index contributed by atoms with van der Waals surface area (Å²) in [5, 5.41) is 10.7. The SMILES string of the molecule is COc1cccc(-c2ncc(CN3C[C@@H]4CCOC[C@]4(C(=O)O)C3)s2)c1. The number of hydrogen-bond donors (Lipinski definition) is 1. The molecule has 7 heteroatoms. The highest BCUT2D eigenvalue weighted by molar-refractivity contribution is 7.15. The summed E-state index contributed by atoms with van der Waals surface area (Å²) in [5.41, 5.74) is 0.282. The van der Waals surface area contributed by atoms with Gasteiger partial charge >= 0.3 is 5.97 Å². The summed E-state index contributed by atoms with van der Waals surface area (Å²) in [6.07, 6.45) is 2.71. The normalized spacial score (nSPS) is 25.8. The Morgan fingerprint density at radius 2 is 2.42 bits per heavy atom. The van der Waals surface area contributed by atoms with Crippen molar-refractivity contribution in [3.63, 3.8) is 0 Å². The molecule has 2 aliphatic rings. The fraction of sp³-hybridized carbons (Fsp3) is 0.474. The van der Waals surface area contributed by atoms with E-state index in [4.69, 9.17) is 9.47 Å². The number of methoxy groups -OCH3 is 1. The number of benzene rings is 1. The first-order valence-corrected chi connectivity index (χ1v) is 9.55. The Morgan fingerprint density at radius 1 is 1.54 bits per heavy atom. The van der Waals surface area contributed by atoms with Crippen LogP contribution in [0.4, 0.5) is 0 Å². The molecule has 2 aromatic rings. The lowest BCUT2D eigenvalue weighted by Crippen LogP contribution is -2.46. The molecule has 2 atom stereocenters. The van der Waals surface area contributed by atoms with Crippen LogP contribution in [0.1, 0.15) is 11.3 Å². The molecule has 2 fully saturated rings. The van der Waals surface area contributed by atoms with E-state index in [1.807, 2.05) is 30.5 Å². The van der Waals surface area contributed by atoms with Crippen LogP contribution in [0.2, 0.25) is 0 Å². The molecule has 4 rings (SSSR count). The predicted octanol–water partition coefficient (Wildman–Crippen LogP) is 2.74. The van der Waals surface area contributed by atoms with Gasteiger partial charge in [0.2, 0.25) is 0 Å². The predicted molar refractivity (Wildman–Crippen MR) is 98.4 cm³/mol. The largest absolute Gasteiger partial charge is 0.497 e. The highest BCUT2D eigenvalue weighted by Crippen LogP contribution is 2.42. The zero-order valence-electron chi connectivity index (χ0n) is 14.7. The van der Waals surface area contributed by atoms with Crippen molar-refractivity contribution in [2.75, 3.05) is 33.4 Å². The second kappa shape index (κ2) is 6.98. The van der Waals surface area contributed by atoms with E-state index >= 15 is 0 Å². The number of aromatic nitrogens is 1. The minimum Gasteiger partial charge on any atom is -0.497 e. The van der Waals surface area contributed by atoms with Gasteiger partial charge in [0.15, 0.2) is 0 Å². The van der Waals surface area contributed by atoms with Gasteiger partial charge in [-0.3, -0.25) is 9.69 Å². The molecule has 1 N–H and O–H groups in total. The number of thiazole rings is 1. The third-order valence-corrected chi connectivity index (χ3v) is 6.44.